The molecule has 1 aliphatic rings. The quantitative estimate of drug-likeness (QED) is 0.396. The third kappa shape index (κ3) is 4.50. The zero-order chi connectivity index (χ0) is 22.9. The van der Waals surface area contributed by atoms with E-state index in [4.69, 9.17) is 27.9 Å². The summed E-state index contributed by atoms with van der Waals surface area (Å²) in [6, 6.07) is 15.4. The van der Waals surface area contributed by atoms with Crippen molar-refractivity contribution in [1.29, 1.82) is 0 Å². The molecule has 5 rings (SSSR count). The van der Waals surface area contributed by atoms with Crippen LogP contribution in [-0.4, -0.2) is 58.5 Å². The number of H-pyrrole nitrogens is 1. The van der Waals surface area contributed by atoms with Crippen molar-refractivity contribution in [3.63, 3.8) is 0 Å². The van der Waals surface area contributed by atoms with Gasteiger partial charge in [0.15, 0.2) is 0 Å². The normalized spacial score (nSPS) is 20.0. The highest BCUT2D eigenvalue weighted by Gasteiger charge is 2.36. The summed E-state index contributed by atoms with van der Waals surface area (Å²) in [4.78, 5) is 24.4. The summed E-state index contributed by atoms with van der Waals surface area (Å²) in [6.45, 7) is 2.81. The number of ether oxygens (including phenoxy) is 1. The van der Waals surface area contributed by atoms with Gasteiger partial charge in [0, 0.05) is 66.5 Å². The zero-order valence-corrected chi connectivity index (χ0v) is 19.7. The SMILES string of the molecule is CO[C@H]1C(C=O)N(Cc2ccc3c(Cl)ccnc3c2)CCN1Cc1cc2cc(Cl)ccc2[nH]1. The number of halogens is 2. The molecule has 3 heterocycles. The number of piperazine rings is 1. The van der Waals surface area contributed by atoms with E-state index in [-0.39, 0.29) is 12.3 Å². The van der Waals surface area contributed by atoms with Gasteiger partial charge in [-0.1, -0.05) is 35.3 Å². The maximum Gasteiger partial charge on any atom is 0.141 e. The molecule has 8 heteroatoms. The van der Waals surface area contributed by atoms with Crippen LogP contribution in [0.1, 0.15) is 11.3 Å². The summed E-state index contributed by atoms with van der Waals surface area (Å²) in [5, 5.41) is 3.39. The van der Waals surface area contributed by atoms with Gasteiger partial charge >= 0.3 is 0 Å². The average Bonchev–Trinajstić information content (AvgIpc) is 3.21. The Morgan fingerprint density at radius 2 is 1.94 bits per heavy atom. The Labute approximate surface area is 202 Å². The fraction of sp³-hybridized carbons (Fsp3) is 0.280. The number of benzene rings is 2. The molecule has 1 fully saturated rings. The van der Waals surface area contributed by atoms with Gasteiger partial charge < -0.3 is 14.5 Å². The van der Waals surface area contributed by atoms with E-state index in [1.165, 1.54) is 0 Å². The van der Waals surface area contributed by atoms with Gasteiger partial charge in [-0.2, -0.15) is 0 Å². The van der Waals surface area contributed by atoms with E-state index in [1.54, 1.807) is 19.4 Å². The summed E-state index contributed by atoms with van der Waals surface area (Å²) in [6.07, 6.45) is 2.35. The molecule has 0 amide bonds. The van der Waals surface area contributed by atoms with Gasteiger partial charge in [-0.15, -0.1) is 0 Å². The van der Waals surface area contributed by atoms with E-state index in [9.17, 15) is 4.79 Å². The van der Waals surface area contributed by atoms with Gasteiger partial charge in [0.2, 0.25) is 0 Å². The molecule has 0 radical (unpaired) electrons. The standard InChI is InChI=1S/C25H24Cl2N4O2/c1-33-25-24(15-32)30(13-16-2-4-20-21(27)6-7-28-23(20)10-16)8-9-31(25)14-19-12-17-11-18(26)3-5-22(17)29-19/h2-7,10-12,15,24-25,29H,8-9,13-14H2,1H3/t24?,25-/m0/s1. The predicted molar refractivity (Wildman–Crippen MR) is 132 cm³/mol. The molecule has 0 saturated carbocycles. The summed E-state index contributed by atoms with van der Waals surface area (Å²) >= 11 is 12.4. The maximum absolute atomic E-state index is 12.2. The number of nitrogens with one attached hydrogen (secondary N) is 1. The lowest BCUT2D eigenvalue weighted by Gasteiger charge is -2.44. The largest absolute Gasteiger partial charge is 0.364 e. The number of methoxy groups -OCH3 is 1. The number of fused-ring (bicyclic) bond motifs is 2. The number of aromatic amines is 1. The lowest BCUT2D eigenvalue weighted by atomic mass is 10.1. The molecule has 2 atom stereocenters. The molecule has 4 aromatic rings. The molecule has 1 aliphatic heterocycles. The van der Waals surface area contributed by atoms with Crippen molar-refractivity contribution in [2.24, 2.45) is 0 Å². The molecule has 2 aromatic carbocycles. The molecule has 2 aromatic heterocycles. The van der Waals surface area contributed by atoms with Crippen LogP contribution in [0.25, 0.3) is 21.8 Å². The molecule has 1 N–H and O–H groups in total. The number of rotatable bonds is 6. The molecule has 33 heavy (non-hydrogen) atoms. The first-order valence-corrected chi connectivity index (χ1v) is 11.6. The number of pyridine rings is 1. The molecule has 170 valence electrons. The van der Waals surface area contributed by atoms with E-state index >= 15 is 0 Å². The monoisotopic (exact) mass is 482 g/mol. The van der Waals surface area contributed by atoms with Crippen LogP contribution in [0.2, 0.25) is 10.0 Å². The predicted octanol–water partition coefficient (Wildman–Crippen LogP) is 4.88. The summed E-state index contributed by atoms with van der Waals surface area (Å²) < 4.78 is 5.81. The van der Waals surface area contributed by atoms with Crippen LogP contribution >= 0.6 is 23.2 Å². The first kappa shape index (κ1) is 22.3. The molecule has 1 saturated heterocycles. The minimum atomic E-state index is -0.384. The van der Waals surface area contributed by atoms with Crippen molar-refractivity contribution < 1.29 is 9.53 Å². The third-order valence-corrected chi connectivity index (χ3v) is 6.85. The minimum absolute atomic E-state index is 0.348. The Bertz CT molecular complexity index is 1310. The number of aldehydes is 1. The molecular formula is C25H24Cl2N4O2. The van der Waals surface area contributed by atoms with E-state index < -0.39 is 0 Å². The first-order valence-electron chi connectivity index (χ1n) is 10.8. The van der Waals surface area contributed by atoms with Crippen LogP contribution in [0.5, 0.6) is 0 Å². The topological polar surface area (TPSA) is 61.5 Å². The van der Waals surface area contributed by atoms with Gasteiger partial charge in [-0.3, -0.25) is 14.8 Å². The van der Waals surface area contributed by atoms with Crippen LogP contribution < -0.4 is 0 Å². The lowest BCUT2D eigenvalue weighted by Crippen LogP contribution is -2.60. The Morgan fingerprint density at radius 3 is 2.76 bits per heavy atom. The van der Waals surface area contributed by atoms with Crippen LogP contribution in [0.3, 0.4) is 0 Å². The van der Waals surface area contributed by atoms with E-state index in [0.717, 1.165) is 52.4 Å². The van der Waals surface area contributed by atoms with Crippen LogP contribution in [0, 0.1) is 0 Å². The summed E-state index contributed by atoms with van der Waals surface area (Å²) in [5.41, 5.74) is 4.03. The van der Waals surface area contributed by atoms with Gasteiger partial charge in [0.1, 0.15) is 18.6 Å². The van der Waals surface area contributed by atoms with E-state index in [0.29, 0.717) is 23.1 Å². The molecule has 1 unspecified atom stereocenters. The number of carbonyl (C=O) groups excluding carboxylic acids is 1. The van der Waals surface area contributed by atoms with Gasteiger partial charge in [-0.25, -0.2) is 0 Å². The van der Waals surface area contributed by atoms with Gasteiger partial charge in [0.25, 0.3) is 0 Å². The lowest BCUT2D eigenvalue weighted by molar-refractivity contribution is -0.143. The van der Waals surface area contributed by atoms with Crippen molar-refractivity contribution in [3.05, 3.63) is 76.0 Å². The Hall–Kier alpha value is -2.48. The highest BCUT2D eigenvalue weighted by atomic mass is 35.5. The van der Waals surface area contributed by atoms with Crippen molar-refractivity contribution in [3.8, 4) is 0 Å². The molecule has 0 aliphatic carbocycles. The van der Waals surface area contributed by atoms with E-state index in [2.05, 4.69) is 25.8 Å². The van der Waals surface area contributed by atoms with Gasteiger partial charge in [-0.05, 0) is 42.0 Å². The van der Waals surface area contributed by atoms with Crippen molar-refractivity contribution >= 4 is 51.3 Å². The Balaban J connectivity index is 1.34. The maximum atomic E-state index is 12.2. The first-order chi connectivity index (χ1) is 16.1. The number of nitrogens with zero attached hydrogens (tertiary/aromatic N) is 3. The molecule has 6 nitrogen and oxygen atoms in total. The fourth-order valence-electron chi connectivity index (χ4n) is 4.68. The van der Waals surface area contributed by atoms with Gasteiger partial charge in [0.05, 0.1) is 10.5 Å². The minimum Gasteiger partial charge on any atom is -0.364 e. The summed E-state index contributed by atoms with van der Waals surface area (Å²) in [7, 11) is 1.66. The number of hydrogen-bond donors (Lipinski definition) is 1. The smallest absolute Gasteiger partial charge is 0.141 e. The van der Waals surface area contributed by atoms with E-state index in [1.807, 2.05) is 36.4 Å². The number of hydrogen-bond acceptors (Lipinski definition) is 5. The Morgan fingerprint density at radius 1 is 1.09 bits per heavy atom. The second kappa shape index (κ2) is 9.41. The fourth-order valence-corrected chi connectivity index (χ4v) is 5.08. The zero-order valence-electron chi connectivity index (χ0n) is 18.2. The molecular weight excluding hydrogens is 459 g/mol. The highest BCUT2D eigenvalue weighted by Crippen LogP contribution is 2.26. The molecule has 0 spiro atoms. The average molecular weight is 483 g/mol. The van der Waals surface area contributed by atoms with Crippen molar-refractivity contribution in [1.82, 2.24) is 19.8 Å². The number of aromatic nitrogens is 2. The second-order valence-electron chi connectivity index (χ2n) is 8.36. The van der Waals surface area contributed by atoms with Crippen molar-refractivity contribution in [2.75, 3.05) is 20.2 Å². The summed E-state index contributed by atoms with van der Waals surface area (Å²) in [5.74, 6) is 0. The van der Waals surface area contributed by atoms with Crippen LogP contribution in [0.4, 0.5) is 0 Å². The second-order valence-corrected chi connectivity index (χ2v) is 9.21. The van der Waals surface area contributed by atoms with Crippen molar-refractivity contribution in [2.45, 2.75) is 25.4 Å². The number of carbonyl (C=O) groups is 1. The molecule has 0 bridgehead atoms. The highest BCUT2D eigenvalue weighted by molar-refractivity contribution is 6.35. The Kier molecular flexibility index (Phi) is 6.36. The third-order valence-electron chi connectivity index (χ3n) is 6.28. The van der Waals surface area contributed by atoms with Crippen LogP contribution in [-0.2, 0) is 22.6 Å². The van der Waals surface area contributed by atoms with Crippen LogP contribution in [0.15, 0.2) is 54.7 Å².